The third-order valence-corrected chi connectivity index (χ3v) is 4.95. The predicted molar refractivity (Wildman–Crippen MR) is 108 cm³/mol. The van der Waals surface area contributed by atoms with E-state index in [0.29, 0.717) is 5.69 Å². The molecular formula is C21H25F2N3O3. The van der Waals surface area contributed by atoms with E-state index in [1.807, 2.05) is 24.3 Å². The molecule has 2 aromatic carbocycles. The summed E-state index contributed by atoms with van der Waals surface area (Å²) in [4.78, 5) is 17.4. The van der Waals surface area contributed by atoms with E-state index in [1.54, 1.807) is 0 Å². The largest absolute Gasteiger partial charge is 0.493 e. The van der Waals surface area contributed by atoms with E-state index in [0.717, 1.165) is 38.4 Å². The Morgan fingerprint density at radius 1 is 1.10 bits per heavy atom. The quantitative estimate of drug-likeness (QED) is 0.762. The van der Waals surface area contributed by atoms with E-state index < -0.39 is 6.61 Å². The zero-order chi connectivity index (χ0) is 20.8. The van der Waals surface area contributed by atoms with E-state index in [-0.39, 0.29) is 23.0 Å². The number of hydrogen-bond donors (Lipinski definition) is 1. The van der Waals surface area contributed by atoms with Crippen molar-refractivity contribution in [3.8, 4) is 11.5 Å². The number of carbonyl (C=O) groups excluding carboxylic acids is 1. The van der Waals surface area contributed by atoms with Gasteiger partial charge in [0, 0.05) is 31.7 Å². The number of likely N-dealkylation sites (N-methyl/N-ethyl adjacent to an activating group) is 1. The van der Waals surface area contributed by atoms with Crippen molar-refractivity contribution in [2.75, 3.05) is 50.1 Å². The summed E-state index contributed by atoms with van der Waals surface area (Å²) in [5.74, 6) is -0.401. The smallest absolute Gasteiger partial charge is 0.387 e. The third-order valence-electron chi connectivity index (χ3n) is 4.95. The summed E-state index contributed by atoms with van der Waals surface area (Å²) < 4.78 is 34.5. The topological polar surface area (TPSA) is 54.0 Å². The zero-order valence-corrected chi connectivity index (χ0v) is 16.5. The van der Waals surface area contributed by atoms with Gasteiger partial charge in [0.25, 0.3) is 5.91 Å². The molecule has 1 aliphatic heterocycles. The Kier molecular flexibility index (Phi) is 6.87. The minimum Gasteiger partial charge on any atom is -0.493 e. The summed E-state index contributed by atoms with van der Waals surface area (Å²) in [5, 5.41) is 2.92. The van der Waals surface area contributed by atoms with Crippen LogP contribution >= 0.6 is 0 Å². The van der Waals surface area contributed by atoms with Crippen LogP contribution in [0.25, 0.3) is 0 Å². The molecule has 1 aliphatic rings. The Morgan fingerprint density at radius 2 is 1.83 bits per heavy atom. The van der Waals surface area contributed by atoms with Gasteiger partial charge in [-0.3, -0.25) is 4.79 Å². The van der Waals surface area contributed by atoms with E-state index in [4.69, 9.17) is 4.74 Å². The molecule has 1 N–H and O–H groups in total. The van der Waals surface area contributed by atoms with Gasteiger partial charge in [-0.1, -0.05) is 19.1 Å². The molecule has 2 aromatic rings. The molecule has 1 saturated heterocycles. The van der Waals surface area contributed by atoms with E-state index in [9.17, 15) is 13.6 Å². The summed E-state index contributed by atoms with van der Waals surface area (Å²) in [6, 6.07) is 11.8. The predicted octanol–water partition coefficient (Wildman–Crippen LogP) is 3.69. The average Bonchev–Trinajstić information content (AvgIpc) is 2.74. The number of methoxy groups -OCH3 is 1. The molecule has 0 atom stereocenters. The second-order valence-corrected chi connectivity index (χ2v) is 6.64. The Morgan fingerprint density at radius 3 is 2.48 bits per heavy atom. The molecule has 0 bridgehead atoms. The number of ether oxygens (including phenoxy) is 2. The Balaban J connectivity index is 1.76. The summed E-state index contributed by atoms with van der Waals surface area (Å²) in [5.41, 5.74) is 1.95. The van der Waals surface area contributed by atoms with Gasteiger partial charge < -0.3 is 24.6 Å². The van der Waals surface area contributed by atoms with Gasteiger partial charge in [0.1, 0.15) is 0 Å². The number of alkyl halides is 2. The number of piperazine rings is 1. The molecular weight excluding hydrogens is 380 g/mol. The molecule has 1 fully saturated rings. The van der Waals surface area contributed by atoms with Crippen molar-refractivity contribution in [3.05, 3.63) is 48.0 Å². The maximum absolute atomic E-state index is 12.8. The number of amides is 1. The van der Waals surface area contributed by atoms with Gasteiger partial charge in [0.15, 0.2) is 11.5 Å². The lowest BCUT2D eigenvalue weighted by atomic mass is 10.1. The van der Waals surface area contributed by atoms with Crippen LogP contribution in [0.15, 0.2) is 42.5 Å². The molecule has 29 heavy (non-hydrogen) atoms. The minimum atomic E-state index is -2.97. The van der Waals surface area contributed by atoms with Crippen LogP contribution in [0.5, 0.6) is 11.5 Å². The first-order valence-corrected chi connectivity index (χ1v) is 9.52. The Bertz CT molecular complexity index is 840. The van der Waals surface area contributed by atoms with E-state index in [2.05, 4.69) is 26.8 Å². The highest BCUT2D eigenvalue weighted by molar-refractivity contribution is 6.06. The Hall–Kier alpha value is -2.87. The molecule has 0 spiro atoms. The van der Waals surface area contributed by atoms with Gasteiger partial charge in [-0.25, -0.2) is 0 Å². The fraction of sp³-hybridized carbons (Fsp3) is 0.381. The molecule has 3 rings (SSSR count). The van der Waals surface area contributed by atoms with Crippen LogP contribution in [0.4, 0.5) is 20.2 Å². The number of anilines is 2. The van der Waals surface area contributed by atoms with Crippen molar-refractivity contribution in [2.24, 2.45) is 0 Å². The van der Waals surface area contributed by atoms with Gasteiger partial charge in [-0.15, -0.1) is 0 Å². The standard InChI is InChI=1S/C21H25F2N3O3/c1-3-25-10-12-26(13-11-25)17-7-5-4-6-16(17)24-20(27)15-8-9-18(29-21(22)23)19(14-15)28-2/h4-9,14,21H,3,10-13H2,1-2H3,(H,24,27). The van der Waals surface area contributed by atoms with Crippen molar-refractivity contribution >= 4 is 17.3 Å². The fourth-order valence-electron chi connectivity index (χ4n) is 3.36. The first-order valence-electron chi connectivity index (χ1n) is 9.52. The third kappa shape index (κ3) is 5.14. The SMILES string of the molecule is CCN1CCN(c2ccccc2NC(=O)c2ccc(OC(F)F)c(OC)c2)CC1. The number of para-hydroxylation sites is 2. The maximum Gasteiger partial charge on any atom is 0.387 e. The van der Waals surface area contributed by atoms with Crippen molar-refractivity contribution in [1.29, 1.82) is 0 Å². The van der Waals surface area contributed by atoms with E-state index in [1.165, 1.54) is 25.3 Å². The van der Waals surface area contributed by atoms with Gasteiger partial charge in [0.2, 0.25) is 0 Å². The van der Waals surface area contributed by atoms with Crippen molar-refractivity contribution in [3.63, 3.8) is 0 Å². The van der Waals surface area contributed by atoms with Crippen molar-refractivity contribution in [1.82, 2.24) is 4.90 Å². The number of rotatable bonds is 7. The zero-order valence-electron chi connectivity index (χ0n) is 16.5. The van der Waals surface area contributed by atoms with Gasteiger partial charge >= 0.3 is 6.61 Å². The first-order chi connectivity index (χ1) is 14.0. The fourth-order valence-corrected chi connectivity index (χ4v) is 3.36. The summed E-state index contributed by atoms with van der Waals surface area (Å²) in [6.07, 6.45) is 0. The molecule has 0 aliphatic carbocycles. The molecule has 8 heteroatoms. The molecule has 156 valence electrons. The summed E-state index contributed by atoms with van der Waals surface area (Å²) >= 11 is 0. The van der Waals surface area contributed by atoms with Crippen LogP contribution in [0.2, 0.25) is 0 Å². The molecule has 0 radical (unpaired) electrons. The first kappa shape index (κ1) is 20.9. The highest BCUT2D eigenvalue weighted by Gasteiger charge is 2.20. The monoisotopic (exact) mass is 405 g/mol. The van der Waals surface area contributed by atoms with E-state index >= 15 is 0 Å². The number of carbonyl (C=O) groups is 1. The number of halogens is 2. The number of benzene rings is 2. The molecule has 0 unspecified atom stereocenters. The van der Waals surface area contributed by atoms with Gasteiger partial charge in [0.05, 0.1) is 18.5 Å². The molecule has 1 heterocycles. The number of hydrogen-bond acceptors (Lipinski definition) is 5. The molecule has 6 nitrogen and oxygen atoms in total. The van der Waals surface area contributed by atoms with Crippen molar-refractivity contribution < 1.29 is 23.0 Å². The summed E-state index contributed by atoms with van der Waals surface area (Å²) in [6.45, 7) is 3.92. The Labute approximate surface area is 169 Å². The van der Waals surface area contributed by atoms with Crippen LogP contribution < -0.4 is 19.7 Å². The molecule has 0 saturated carbocycles. The molecule has 1 amide bonds. The van der Waals surface area contributed by atoms with Crippen molar-refractivity contribution in [2.45, 2.75) is 13.5 Å². The van der Waals surface area contributed by atoms with Crippen LogP contribution in [0, 0.1) is 0 Å². The van der Waals surface area contributed by atoms with Gasteiger partial charge in [-0.2, -0.15) is 8.78 Å². The minimum absolute atomic E-state index is 0.0712. The lowest BCUT2D eigenvalue weighted by molar-refractivity contribution is -0.0512. The average molecular weight is 405 g/mol. The second-order valence-electron chi connectivity index (χ2n) is 6.64. The second kappa shape index (κ2) is 9.56. The normalized spacial score (nSPS) is 14.7. The highest BCUT2D eigenvalue weighted by atomic mass is 19.3. The number of nitrogens with zero attached hydrogens (tertiary/aromatic N) is 2. The van der Waals surface area contributed by atoms with Gasteiger partial charge in [-0.05, 0) is 36.9 Å². The van der Waals surface area contributed by atoms with Crippen LogP contribution in [0.3, 0.4) is 0 Å². The van der Waals surface area contributed by atoms with Crippen LogP contribution in [0.1, 0.15) is 17.3 Å². The maximum atomic E-state index is 12.8. The summed E-state index contributed by atoms with van der Waals surface area (Å²) in [7, 11) is 1.33. The number of nitrogens with one attached hydrogen (secondary N) is 1. The lowest BCUT2D eigenvalue weighted by Gasteiger charge is -2.36. The molecule has 0 aromatic heterocycles. The van der Waals surface area contributed by atoms with Crippen LogP contribution in [-0.4, -0.2) is 57.3 Å². The highest BCUT2D eigenvalue weighted by Crippen LogP contribution is 2.31. The lowest BCUT2D eigenvalue weighted by Crippen LogP contribution is -2.46. The van der Waals surface area contributed by atoms with Crippen LogP contribution in [-0.2, 0) is 0 Å².